The average Bonchev–Trinajstić information content (AvgIpc) is 3.20. The van der Waals surface area contributed by atoms with Gasteiger partial charge in [0.2, 0.25) is 0 Å². The molecule has 0 saturated heterocycles. The van der Waals surface area contributed by atoms with Gasteiger partial charge in [-0.05, 0) is 37.2 Å². The molecular formula is C25H34N4O3. The molecule has 1 aromatic heterocycles. The lowest BCUT2D eigenvalue weighted by molar-refractivity contribution is 0.0732. The van der Waals surface area contributed by atoms with Crippen LogP contribution in [-0.2, 0) is 19.6 Å². The van der Waals surface area contributed by atoms with Gasteiger partial charge in [-0.15, -0.1) is 0 Å². The summed E-state index contributed by atoms with van der Waals surface area (Å²) in [5, 5.41) is 13.9. The molecular weight excluding hydrogens is 404 g/mol. The standard InChI is InChI=1S/C25H34N4O3/c1-20-27-12-14-29(20)13-11-26-16-22-9-10-24(31-3)25(15-22)32-19-23(30)18-28(2)17-21-7-5-4-6-8-21/h4-10,12,14-15,23,26,30H,11,13,16-19H2,1-3H3/t23-/m1/s1. The van der Waals surface area contributed by atoms with E-state index in [0.717, 1.165) is 37.6 Å². The van der Waals surface area contributed by atoms with Crippen molar-refractivity contribution in [2.45, 2.75) is 32.7 Å². The molecule has 0 amide bonds. The van der Waals surface area contributed by atoms with E-state index < -0.39 is 6.10 Å². The number of ether oxygens (including phenoxy) is 2. The molecule has 0 aliphatic rings. The highest BCUT2D eigenvalue weighted by molar-refractivity contribution is 5.43. The van der Waals surface area contributed by atoms with Gasteiger partial charge in [0.25, 0.3) is 0 Å². The smallest absolute Gasteiger partial charge is 0.161 e. The van der Waals surface area contributed by atoms with Crippen molar-refractivity contribution in [3.63, 3.8) is 0 Å². The number of likely N-dealkylation sites (N-methyl/N-ethyl adjacent to an activating group) is 1. The van der Waals surface area contributed by atoms with Crippen LogP contribution in [0.2, 0.25) is 0 Å². The number of imidazole rings is 1. The normalized spacial score (nSPS) is 12.2. The zero-order valence-corrected chi connectivity index (χ0v) is 19.2. The largest absolute Gasteiger partial charge is 0.493 e. The predicted molar refractivity (Wildman–Crippen MR) is 126 cm³/mol. The van der Waals surface area contributed by atoms with Crippen molar-refractivity contribution in [1.82, 2.24) is 19.8 Å². The van der Waals surface area contributed by atoms with Gasteiger partial charge in [0.1, 0.15) is 18.5 Å². The lowest BCUT2D eigenvalue weighted by Crippen LogP contribution is -2.32. The summed E-state index contributed by atoms with van der Waals surface area (Å²) < 4.78 is 13.5. The number of nitrogens with zero attached hydrogens (tertiary/aromatic N) is 3. The maximum absolute atomic E-state index is 10.5. The number of hydrogen-bond acceptors (Lipinski definition) is 6. The van der Waals surface area contributed by atoms with Crippen LogP contribution in [0.15, 0.2) is 60.9 Å². The van der Waals surface area contributed by atoms with E-state index in [-0.39, 0.29) is 6.61 Å². The van der Waals surface area contributed by atoms with Crippen LogP contribution < -0.4 is 14.8 Å². The number of aromatic nitrogens is 2. The molecule has 0 aliphatic carbocycles. The Bertz CT molecular complexity index is 945. The molecule has 2 N–H and O–H groups in total. The highest BCUT2D eigenvalue weighted by atomic mass is 16.5. The molecule has 7 heteroatoms. The summed E-state index contributed by atoms with van der Waals surface area (Å²) in [4.78, 5) is 6.32. The van der Waals surface area contributed by atoms with E-state index in [9.17, 15) is 5.11 Å². The van der Waals surface area contributed by atoms with Crippen LogP contribution in [0, 0.1) is 6.92 Å². The maximum atomic E-state index is 10.5. The molecule has 3 aromatic rings. The summed E-state index contributed by atoms with van der Waals surface area (Å²) in [6.45, 7) is 5.93. The monoisotopic (exact) mass is 438 g/mol. The van der Waals surface area contributed by atoms with E-state index in [4.69, 9.17) is 9.47 Å². The van der Waals surface area contributed by atoms with Crippen LogP contribution >= 0.6 is 0 Å². The van der Waals surface area contributed by atoms with Crippen LogP contribution in [-0.4, -0.2) is 59.5 Å². The van der Waals surface area contributed by atoms with Crippen molar-refractivity contribution >= 4 is 0 Å². The molecule has 0 unspecified atom stereocenters. The Kier molecular flexibility index (Phi) is 9.10. The first-order valence-corrected chi connectivity index (χ1v) is 10.9. The Labute approximate surface area is 190 Å². The van der Waals surface area contributed by atoms with Gasteiger partial charge in [0, 0.05) is 45.1 Å². The third kappa shape index (κ3) is 7.37. The van der Waals surface area contributed by atoms with Gasteiger partial charge < -0.3 is 24.5 Å². The Balaban J connectivity index is 1.46. The van der Waals surface area contributed by atoms with Gasteiger partial charge in [-0.2, -0.15) is 0 Å². The number of aliphatic hydroxyl groups is 1. The van der Waals surface area contributed by atoms with E-state index in [1.54, 1.807) is 7.11 Å². The minimum Gasteiger partial charge on any atom is -0.493 e. The van der Waals surface area contributed by atoms with Crippen molar-refractivity contribution in [1.29, 1.82) is 0 Å². The molecule has 172 valence electrons. The van der Waals surface area contributed by atoms with Gasteiger partial charge >= 0.3 is 0 Å². The zero-order valence-electron chi connectivity index (χ0n) is 19.2. The first-order valence-electron chi connectivity index (χ1n) is 10.9. The minimum absolute atomic E-state index is 0.201. The predicted octanol–water partition coefficient (Wildman–Crippen LogP) is 2.86. The topological polar surface area (TPSA) is 71.8 Å². The molecule has 1 heterocycles. The summed E-state index contributed by atoms with van der Waals surface area (Å²) in [5.74, 6) is 2.31. The highest BCUT2D eigenvalue weighted by Gasteiger charge is 2.12. The van der Waals surface area contributed by atoms with E-state index in [1.165, 1.54) is 5.56 Å². The van der Waals surface area contributed by atoms with Crippen molar-refractivity contribution in [3.8, 4) is 11.5 Å². The summed E-state index contributed by atoms with van der Waals surface area (Å²) >= 11 is 0. The van der Waals surface area contributed by atoms with E-state index in [1.807, 2.05) is 62.8 Å². The van der Waals surface area contributed by atoms with E-state index in [0.29, 0.717) is 18.0 Å². The van der Waals surface area contributed by atoms with Crippen LogP contribution in [0.5, 0.6) is 11.5 Å². The second kappa shape index (κ2) is 12.2. The van der Waals surface area contributed by atoms with Crippen molar-refractivity contribution in [3.05, 3.63) is 77.9 Å². The average molecular weight is 439 g/mol. The number of methoxy groups -OCH3 is 1. The molecule has 2 aromatic carbocycles. The quantitative estimate of drug-likeness (QED) is 0.400. The number of aryl methyl sites for hydroxylation is 1. The number of aliphatic hydroxyl groups excluding tert-OH is 1. The fraction of sp³-hybridized carbons (Fsp3) is 0.400. The van der Waals surface area contributed by atoms with Crippen LogP contribution in [0.3, 0.4) is 0 Å². The first kappa shape index (κ1) is 23.8. The SMILES string of the molecule is COc1ccc(CNCCn2ccnc2C)cc1OC[C@H](O)CN(C)Cc1ccccc1. The summed E-state index contributed by atoms with van der Waals surface area (Å²) in [6, 6.07) is 16.1. The lowest BCUT2D eigenvalue weighted by Gasteiger charge is -2.21. The van der Waals surface area contributed by atoms with Gasteiger partial charge in [-0.1, -0.05) is 36.4 Å². The molecule has 0 bridgehead atoms. The molecule has 0 saturated carbocycles. The van der Waals surface area contributed by atoms with Gasteiger partial charge in [0.05, 0.1) is 7.11 Å². The highest BCUT2D eigenvalue weighted by Crippen LogP contribution is 2.28. The maximum Gasteiger partial charge on any atom is 0.161 e. The van der Waals surface area contributed by atoms with Crippen LogP contribution in [0.4, 0.5) is 0 Å². The molecule has 1 atom stereocenters. The molecule has 0 aliphatic heterocycles. The van der Waals surface area contributed by atoms with E-state index in [2.05, 4.69) is 31.9 Å². The van der Waals surface area contributed by atoms with Gasteiger partial charge in [-0.3, -0.25) is 4.90 Å². The third-order valence-corrected chi connectivity index (χ3v) is 5.26. The number of nitrogens with one attached hydrogen (secondary N) is 1. The Morgan fingerprint density at radius 3 is 2.66 bits per heavy atom. The first-order chi connectivity index (χ1) is 15.5. The van der Waals surface area contributed by atoms with E-state index >= 15 is 0 Å². The molecule has 0 spiro atoms. The Morgan fingerprint density at radius 1 is 1.12 bits per heavy atom. The molecule has 0 fully saturated rings. The third-order valence-electron chi connectivity index (χ3n) is 5.26. The van der Waals surface area contributed by atoms with Crippen molar-refractivity contribution < 1.29 is 14.6 Å². The Morgan fingerprint density at radius 2 is 1.94 bits per heavy atom. The Hall–Kier alpha value is -2.87. The summed E-state index contributed by atoms with van der Waals surface area (Å²) in [5.41, 5.74) is 2.31. The van der Waals surface area contributed by atoms with Crippen molar-refractivity contribution in [2.24, 2.45) is 0 Å². The molecule has 0 radical (unpaired) electrons. The van der Waals surface area contributed by atoms with Gasteiger partial charge in [-0.25, -0.2) is 4.98 Å². The summed E-state index contributed by atoms with van der Waals surface area (Å²) in [7, 11) is 3.62. The number of benzene rings is 2. The van der Waals surface area contributed by atoms with Crippen LogP contribution in [0.1, 0.15) is 17.0 Å². The fourth-order valence-electron chi connectivity index (χ4n) is 3.57. The molecule has 3 rings (SSSR count). The zero-order chi connectivity index (χ0) is 22.8. The second-order valence-corrected chi connectivity index (χ2v) is 7.98. The fourth-order valence-corrected chi connectivity index (χ4v) is 3.57. The lowest BCUT2D eigenvalue weighted by atomic mass is 10.2. The van der Waals surface area contributed by atoms with Crippen molar-refractivity contribution in [2.75, 3.05) is 33.9 Å². The second-order valence-electron chi connectivity index (χ2n) is 7.98. The van der Waals surface area contributed by atoms with Crippen LogP contribution in [0.25, 0.3) is 0 Å². The van der Waals surface area contributed by atoms with Gasteiger partial charge in [0.15, 0.2) is 11.5 Å². The molecule has 32 heavy (non-hydrogen) atoms. The number of hydrogen-bond donors (Lipinski definition) is 2. The number of rotatable bonds is 13. The molecule has 7 nitrogen and oxygen atoms in total. The summed E-state index contributed by atoms with van der Waals surface area (Å²) in [6.07, 6.45) is 3.20. The minimum atomic E-state index is -0.603.